The Morgan fingerprint density at radius 3 is 2.85 bits per heavy atom. The highest BCUT2D eigenvalue weighted by Gasteiger charge is 2.00. The van der Waals surface area contributed by atoms with Crippen molar-refractivity contribution in [3.05, 3.63) is 35.2 Å². The van der Waals surface area contributed by atoms with Crippen LogP contribution in [0.15, 0.2) is 29.4 Å². The summed E-state index contributed by atoms with van der Waals surface area (Å²) in [6.45, 7) is 1.85. The third-order valence-corrected chi connectivity index (χ3v) is 1.97. The molecule has 0 aromatic carbocycles. The summed E-state index contributed by atoms with van der Waals surface area (Å²) >= 11 is 3.31. The summed E-state index contributed by atoms with van der Waals surface area (Å²) in [5.74, 6) is 1.55. The van der Waals surface area contributed by atoms with E-state index in [2.05, 4.69) is 30.9 Å². The molecule has 0 fully saturated rings. The fourth-order valence-electron chi connectivity index (χ4n) is 1.04. The van der Waals surface area contributed by atoms with E-state index in [-0.39, 0.29) is 0 Å². The van der Waals surface area contributed by atoms with Crippen LogP contribution < -0.4 is 0 Å². The molecule has 0 unspecified atom stereocenters. The summed E-state index contributed by atoms with van der Waals surface area (Å²) in [5, 5.41) is 0. The maximum atomic E-state index is 4.26. The average Bonchev–Trinajstić information content (AvgIpc) is 2.53. The Balaban J connectivity index is 2.53. The number of nitrogens with zero attached hydrogens (tertiary/aromatic N) is 4. The average molecular weight is 239 g/mol. The third kappa shape index (κ3) is 1.75. The maximum absolute atomic E-state index is 4.26. The van der Waals surface area contributed by atoms with Crippen LogP contribution in [0.1, 0.15) is 5.82 Å². The molecule has 5 heteroatoms. The highest BCUT2D eigenvalue weighted by molar-refractivity contribution is 9.10. The zero-order chi connectivity index (χ0) is 9.26. The topological polar surface area (TPSA) is 43.6 Å². The lowest BCUT2D eigenvalue weighted by Crippen LogP contribution is -1.98. The number of imidazole rings is 1. The molecule has 0 aliphatic rings. The van der Waals surface area contributed by atoms with Gasteiger partial charge in [-0.2, -0.15) is 0 Å². The fraction of sp³-hybridized carbons (Fsp3) is 0.125. The molecule has 2 rings (SSSR count). The Bertz CT molecular complexity index is 390. The van der Waals surface area contributed by atoms with Gasteiger partial charge in [0, 0.05) is 18.5 Å². The minimum atomic E-state index is 0.734. The minimum Gasteiger partial charge on any atom is -0.290 e. The first-order valence-electron chi connectivity index (χ1n) is 3.75. The van der Waals surface area contributed by atoms with E-state index < -0.39 is 0 Å². The molecule has 0 aliphatic carbocycles. The van der Waals surface area contributed by atoms with Crippen molar-refractivity contribution in [3.63, 3.8) is 0 Å². The highest BCUT2D eigenvalue weighted by Crippen LogP contribution is 2.11. The van der Waals surface area contributed by atoms with Crippen LogP contribution in [0.5, 0.6) is 0 Å². The number of rotatable bonds is 1. The lowest BCUT2D eigenvalue weighted by molar-refractivity contribution is 0.927. The van der Waals surface area contributed by atoms with E-state index in [0.29, 0.717) is 0 Å². The van der Waals surface area contributed by atoms with Crippen LogP contribution in [-0.4, -0.2) is 19.5 Å². The molecule has 0 spiro atoms. The van der Waals surface area contributed by atoms with Gasteiger partial charge in [-0.25, -0.2) is 15.0 Å². The van der Waals surface area contributed by atoms with Gasteiger partial charge in [0.25, 0.3) is 0 Å². The van der Waals surface area contributed by atoms with Gasteiger partial charge in [-0.15, -0.1) is 0 Å². The van der Waals surface area contributed by atoms with Crippen molar-refractivity contribution in [2.75, 3.05) is 0 Å². The van der Waals surface area contributed by atoms with E-state index >= 15 is 0 Å². The van der Waals surface area contributed by atoms with Gasteiger partial charge in [-0.1, -0.05) is 0 Å². The van der Waals surface area contributed by atoms with Crippen molar-refractivity contribution in [3.8, 4) is 5.82 Å². The molecule has 0 amide bonds. The number of halogens is 1. The molecule has 0 atom stereocenters. The molecule has 0 N–H and O–H groups in total. The van der Waals surface area contributed by atoms with Crippen molar-refractivity contribution in [2.45, 2.75) is 6.92 Å². The van der Waals surface area contributed by atoms with Crippen LogP contribution in [0.4, 0.5) is 0 Å². The molecule has 4 nitrogen and oxygen atoms in total. The van der Waals surface area contributed by atoms with E-state index in [1.54, 1.807) is 12.5 Å². The summed E-state index contributed by atoms with van der Waals surface area (Å²) in [4.78, 5) is 12.3. The molecular formula is C8H7BrN4. The largest absolute Gasteiger partial charge is 0.290 e. The summed E-state index contributed by atoms with van der Waals surface area (Å²) < 4.78 is 2.61. The van der Waals surface area contributed by atoms with Crippen LogP contribution in [0, 0.1) is 6.92 Å². The molecule has 2 aromatic heterocycles. The second kappa shape index (κ2) is 3.26. The molecule has 13 heavy (non-hydrogen) atoms. The van der Waals surface area contributed by atoms with Crippen molar-refractivity contribution in [1.29, 1.82) is 0 Å². The van der Waals surface area contributed by atoms with Gasteiger partial charge in [0.1, 0.15) is 22.6 Å². The monoisotopic (exact) mass is 238 g/mol. The fourth-order valence-corrected chi connectivity index (χ4v) is 1.50. The van der Waals surface area contributed by atoms with Gasteiger partial charge < -0.3 is 0 Å². The van der Waals surface area contributed by atoms with E-state index in [1.165, 1.54) is 0 Å². The number of aryl methyl sites for hydroxylation is 1. The smallest absolute Gasteiger partial charge is 0.142 e. The Morgan fingerprint density at radius 2 is 2.23 bits per heavy atom. The number of hydrogen-bond acceptors (Lipinski definition) is 3. The molecule has 0 saturated heterocycles. The highest BCUT2D eigenvalue weighted by atomic mass is 79.9. The van der Waals surface area contributed by atoms with Gasteiger partial charge in [0.15, 0.2) is 0 Å². The van der Waals surface area contributed by atoms with Crippen molar-refractivity contribution in [1.82, 2.24) is 19.5 Å². The Labute approximate surface area is 83.8 Å². The summed E-state index contributed by atoms with van der Waals surface area (Å²) in [6, 6.07) is 1.84. The molecule has 2 aromatic rings. The predicted octanol–water partition coefficient (Wildman–Crippen LogP) is 1.73. The van der Waals surface area contributed by atoms with Gasteiger partial charge >= 0.3 is 0 Å². The Hall–Kier alpha value is -1.23. The Morgan fingerprint density at radius 1 is 1.38 bits per heavy atom. The molecule has 66 valence electrons. The molecule has 0 aliphatic heterocycles. The number of hydrogen-bond donors (Lipinski definition) is 0. The first kappa shape index (κ1) is 8.37. The van der Waals surface area contributed by atoms with Gasteiger partial charge in [-0.3, -0.25) is 4.57 Å². The van der Waals surface area contributed by atoms with Crippen LogP contribution in [0.2, 0.25) is 0 Å². The zero-order valence-electron chi connectivity index (χ0n) is 6.98. The van der Waals surface area contributed by atoms with Crippen molar-refractivity contribution in [2.24, 2.45) is 0 Å². The summed E-state index contributed by atoms with van der Waals surface area (Å²) in [5.41, 5.74) is 0. The van der Waals surface area contributed by atoms with E-state index in [0.717, 1.165) is 16.2 Å². The quantitative estimate of drug-likeness (QED) is 0.712. The van der Waals surface area contributed by atoms with Crippen molar-refractivity contribution < 1.29 is 0 Å². The SMILES string of the molecule is Cc1nc(Br)cc(-n2ccnc2)n1. The van der Waals surface area contributed by atoms with Crippen LogP contribution in [0.3, 0.4) is 0 Å². The minimum absolute atomic E-state index is 0.734. The Kier molecular flexibility index (Phi) is 2.10. The number of aromatic nitrogens is 4. The van der Waals surface area contributed by atoms with Gasteiger partial charge in [0.05, 0.1) is 0 Å². The lowest BCUT2D eigenvalue weighted by atomic mass is 10.5. The molecule has 2 heterocycles. The summed E-state index contributed by atoms with van der Waals surface area (Å²) in [7, 11) is 0. The molecule has 0 saturated carbocycles. The standard InChI is InChI=1S/C8H7BrN4/c1-6-11-7(9)4-8(12-6)13-3-2-10-5-13/h2-5H,1H3. The lowest BCUT2D eigenvalue weighted by Gasteiger charge is -2.01. The van der Waals surface area contributed by atoms with Crippen molar-refractivity contribution >= 4 is 15.9 Å². The van der Waals surface area contributed by atoms with Gasteiger partial charge in [0.2, 0.25) is 0 Å². The first-order chi connectivity index (χ1) is 6.25. The summed E-state index contributed by atoms with van der Waals surface area (Å²) in [6.07, 6.45) is 5.26. The zero-order valence-corrected chi connectivity index (χ0v) is 8.56. The van der Waals surface area contributed by atoms with Crippen LogP contribution >= 0.6 is 15.9 Å². The molecule has 0 bridgehead atoms. The van der Waals surface area contributed by atoms with E-state index in [9.17, 15) is 0 Å². The first-order valence-corrected chi connectivity index (χ1v) is 4.54. The normalized spacial score (nSPS) is 10.3. The van der Waals surface area contributed by atoms with Crippen LogP contribution in [0.25, 0.3) is 5.82 Å². The van der Waals surface area contributed by atoms with E-state index in [4.69, 9.17) is 0 Å². The second-order valence-corrected chi connectivity index (χ2v) is 3.38. The third-order valence-electron chi connectivity index (χ3n) is 1.56. The maximum Gasteiger partial charge on any atom is 0.142 e. The van der Waals surface area contributed by atoms with E-state index in [1.807, 2.05) is 23.8 Å². The second-order valence-electron chi connectivity index (χ2n) is 2.57. The van der Waals surface area contributed by atoms with Crippen LogP contribution in [-0.2, 0) is 0 Å². The van der Waals surface area contributed by atoms with Gasteiger partial charge in [-0.05, 0) is 22.9 Å². The molecule has 0 radical (unpaired) electrons. The predicted molar refractivity (Wildman–Crippen MR) is 51.6 cm³/mol. The molecular weight excluding hydrogens is 232 g/mol.